The fourth-order valence-electron chi connectivity index (χ4n) is 3.66. The average Bonchev–Trinajstić information content (AvgIpc) is 3.16. The summed E-state index contributed by atoms with van der Waals surface area (Å²) in [5.74, 6) is 0.814. The van der Waals surface area contributed by atoms with Crippen LogP contribution < -0.4 is 4.74 Å². The fraction of sp³-hybridized carbons (Fsp3) is 0.333. The van der Waals surface area contributed by atoms with Gasteiger partial charge >= 0.3 is 0 Å². The topological polar surface area (TPSA) is 51.7 Å². The SMILES string of the molecule is COc1c(-c2ccc(C(=O)N3CC(C)O[C@H](C)C3)s2)cnc2c(Br)cccc12. The third kappa shape index (κ3) is 3.54. The molecule has 1 aromatic carbocycles. The average molecular weight is 461 g/mol. The zero-order valence-corrected chi connectivity index (χ0v) is 18.3. The maximum absolute atomic E-state index is 13.0. The highest BCUT2D eigenvalue weighted by Crippen LogP contribution is 2.40. The summed E-state index contributed by atoms with van der Waals surface area (Å²) < 4.78 is 12.4. The first-order valence-electron chi connectivity index (χ1n) is 9.14. The zero-order chi connectivity index (χ0) is 19.8. The van der Waals surface area contributed by atoms with E-state index in [4.69, 9.17) is 9.47 Å². The van der Waals surface area contributed by atoms with Crippen molar-refractivity contribution in [2.75, 3.05) is 20.2 Å². The monoisotopic (exact) mass is 460 g/mol. The Morgan fingerprint density at radius 1 is 1.25 bits per heavy atom. The molecule has 0 bridgehead atoms. The lowest BCUT2D eigenvalue weighted by molar-refractivity contribution is -0.0585. The second-order valence-electron chi connectivity index (χ2n) is 6.97. The summed E-state index contributed by atoms with van der Waals surface area (Å²) in [5, 5.41) is 0.937. The van der Waals surface area contributed by atoms with E-state index in [0.717, 1.165) is 31.6 Å². The van der Waals surface area contributed by atoms with E-state index in [2.05, 4.69) is 20.9 Å². The molecular formula is C21H21BrN2O3S. The first-order chi connectivity index (χ1) is 13.5. The molecular weight excluding hydrogens is 440 g/mol. The molecule has 7 heteroatoms. The number of morpholine rings is 1. The van der Waals surface area contributed by atoms with Gasteiger partial charge in [0.15, 0.2) is 0 Å². The number of ether oxygens (including phenoxy) is 2. The minimum Gasteiger partial charge on any atom is -0.495 e. The molecule has 1 amide bonds. The van der Waals surface area contributed by atoms with Gasteiger partial charge in [-0.3, -0.25) is 9.78 Å². The number of amides is 1. The second kappa shape index (κ2) is 7.81. The van der Waals surface area contributed by atoms with Crippen LogP contribution in [-0.2, 0) is 4.74 Å². The van der Waals surface area contributed by atoms with E-state index < -0.39 is 0 Å². The molecule has 1 unspecified atom stereocenters. The Kier molecular flexibility index (Phi) is 5.40. The van der Waals surface area contributed by atoms with E-state index in [1.807, 2.05) is 55.3 Å². The molecule has 5 nitrogen and oxygen atoms in total. The number of para-hydroxylation sites is 1. The highest BCUT2D eigenvalue weighted by molar-refractivity contribution is 9.10. The second-order valence-corrected chi connectivity index (χ2v) is 8.91. The van der Waals surface area contributed by atoms with Gasteiger partial charge in [-0.15, -0.1) is 11.3 Å². The van der Waals surface area contributed by atoms with Crippen LogP contribution in [0.3, 0.4) is 0 Å². The summed E-state index contributed by atoms with van der Waals surface area (Å²) in [4.78, 5) is 21.1. The van der Waals surface area contributed by atoms with Crippen LogP contribution in [0.2, 0.25) is 0 Å². The number of methoxy groups -OCH3 is 1. The quantitative estimate of drug-likeness (QED) is 0.552. The van der Waals surface area contributed by atoms with E-state index in [1.165, 1.54) is 11.3 Å². The number of fused-ring (bicyclic) bond motifs is 1. The molecule has 3 aromatic rings. The van der Waals surface area contributed by atoms with Gasteiger partial charge in [-0.25, -0.2) is 0 Å². The number of hydrogen-bond acceptors (Lipinski definition) is 5. The van der Waals surface area contributed by atoms with E-state index >= 15 is 0 Å². The summed E-state index contributed by atoms with van der Waals surface area (Å²) in [5.41, 5.74) is 1.74. The van der Waals surface area contributed by atoms with Crippen molar-refractivity contribution in [2.24, 2.45) is 0 Å². The maximum Gasteiger partial charge on any atom is 0.264 e. The van der Waals surface area contributed by atoms with Gasteiger partial charge in [-0.1, -0.05) is 6.07 Å². The van der Waals surface area contributed by atoms with E-state index in [1.54, 1.807) is 7.11 Å². The van der Waals surface area contributed by atoms with Crippen molar-refractivity contribution in [1.29, 1.82) is 0 Å². The molecule has 4 rings (SSSR count). The van der Waals surface area contributed by atoms with Gasteiger partial charge in [-0.2, -0.15) is 0 Å². The van der Waals surface area contributed by atoms with Gasteiger partial charge < -0.3 is 14.4 Å². The molecule has 28 heavy (non-hydrogen) atoms. The summed E-state index contributed by atoms with van der Waals surface area (Å²) in [6.07, 6.45) is 1.91. The number of halogens is 1. The predicted octanol–water partition coefficient (Wildman–Crippen LogP) is 4.98. The van der Waals surface area contributed by atoms with Crippen molar-refractivity contribution in [3.63, 3.8) is 0 Å². The Balaban J connectivity index is 1.69. The molecule has 146 valence electrons. The molecule has 1 saturated heterocycles. The van der Waals surface area contributed by atoms with Crippen LogP contribution in [-0.4, -0.2) is 48.2 Å². The highest BCUT2D eigenvalue weighted by atomic mass is 79.9. The van der Waals surface area contributed by atoms with Crippen molar-refractivity contribution in [3.8, 4) is 16.2 Å². The van der Waals surface area contributed by atoms with Crippen LogP contribution in [0.25, 0.3) is 21.3 Å². The lowest BCUT2D eigenvalue weighted by Gasteiger charge is -2.35. The number of benzene rings is 1. The number of thiophene rings is 1. The molecule has 0 radical (unpaired) electrons. The number of carbonyl (C=O) groups is 1. The molecule has 1 aliphatic rings. The van der Waals surface area contributed by atoms with Crippen LogP contribution >= 0.6 is 27.3 Å². The number of aromatic nitrogens is 1. The van der Waals surface area contributed by atoms with E-state index in [-0.39, 0.29) is 18.1 Å². The Morgan fingerprint density at radius 2 is 2.00 bits per heavy atom. The number of nitrogens with zero attached hydrogens (tertiary/aromatic N) is 2. The molecule has 0 aliphatic carbocycles. The van der Waals surface area contributed by atoms with Crippen LogP contribution in [0.4, 0.5) is 0 Å². The largest absolute Gasteiger partial charge is 0.495 e. The Labute approximate surface area is 176 Å². The maximum atomic E-state index is 13.0. The fourth-order valence-corrected chi connectivity index (χ4v) is 5.10. The smallest absolute Gasteiger partial charge is 0.264 e. The van der Waals surface area contributed by atoms with Crippen molar-refractivity contribution in [3.05, 3.63) is 45.9 Å². The van der Waals surface area contributed by atoms with Crippen LogP contribution in [0, 0.1) is 0 Å². The molecule has 0 N–H and O–H groups in total. The lowest BCUT2D eigenvalue weighted by Crippen LogP contribution is -2.48. The van der Waals surface area contributed by atoms with Gasteiger partial charge in [0.1, 0.15) is 5.75 Å². The highest BCUT2D eigenvalue weighted by Gasteiger charge is 2.27. The predicted molar refractivity (Wildman–Crippen MR) is 115 cm³/mol. The van der Waals surface area contributed by atoms with Crippen LogP contribution in [0.15, 0.2) is 41.0 Å². The standard InChI is InChI=1S/C21H21BrN2O3S/c1-12-10-24(11-13(2)27-12)21(25)18-8-7-17(28-18)15-9-23-19-14(20(15)26-3)5-4-6-16(19)22/h4-9,12-13H,10-11H2,1-3H3/t12-,13?/m1/s1. The third-order valence-electron chi connectivity index (χ3n) is 4.79. The van der Waals surface area contributed by atoms with E-state index in [9.17, 15) is 4.79 Å². The molecule has 3 heterocycles. The van der Waals surface area contributed by atoms with Gasteiger partial charge in [0.2, 0.25) is 0 Å². The number of carbonyl (C=O) groups excluding carboxylic acids is 1. The molecule has 0 spiro atoms. The normalized spacial score (nSPS) is 19.8. The number of hydrogen-bond donors (Lipinski definition) is 0. The summed E-state index contributed by atoms with van der Waals surface area (Å²) in [6.45, 7) is 5.23. The molecule has 1 aliphatic heterocycles. The number of rotatable bonds is 3. The summed E-state index contributed by atoms with van der Waals surface area (Å²) >= 11 is 5.01. The molecule has 2 atom stereocenters. The minimum absolute atomic E-state index is 0.0497. The Morgan fingerprint density at radius 3 is 2.71 bits per heavy atom. The van der Waals surface area contributed by atoms with Gasteiger partial charge in [0.05, 0.1) is 35.3 Å². The zero-order valence-electron chi connectivity index (χ0n) is 15.9. The van der Waals surface area contributed by atoms with Crippen molar-refractivity contribution in [2.45, 2.75) is 26.1 Å². The van der Waals surface area contributed by atoms with Gasteiger partial charge in [0.25, 0.3) is 5.91 Å². The van der Waals surface area contributed by atoms with Gasteiger partial charge in [-0.05, 0) is 54.0 Å². The van der Waals surface area contributed by atoms with Crippen molar-refractivity contribution < 1.29 is 14.3 Å². The van der Waals surface area contributed by atoms with Crippen molar-refractivity contribution in [1.82, 2.24) is 9.88 Å². The lowest BCUT2D eigenvalue weighted by atomic mass is 10.1. The summed E-state index contributed by atoms with van der Waals surface area (Å²) in [6, 6.07) is 9.77. The molecule has 0 saturated carbocycles. The minimum atomic E-state index is 0.0497. The molecule has 1 fully saturated rings. The Hall–Kier alpha value is -1.96. The third-order valence-corrected chi connectivity index (χ3v) is 6.54. The van der Waals surface area contributed by atoms with Gasteiger partial charge in [0, 0.05) is 34.0 Å². The van der Waals surface area contributed by atoms with Crippen molar-refractivity contribution >= 4 is 44.1 Å². The Bertz CT molecular complexity index is 1030. The summed E-state index contributed by atoms with van der Waals surface area (Å²) in [7, 11) is 1.66. The first-order valence-corrected chi connectivity index (χ1v) is 10.7. The first kappa shape index (κ1) is 19.4. The number of pyridine rings is 1. The van der Waals surface area contributed by atoms with Crippen LogP contribution in [0.5, 0.6) is 5.75 Å². The van der Waals surface area contributed by atoms with Crippen LogP contribution in [0.1, 0.15) is 23.5 Å². The van der Waals surface area contributed by atoms with E-state index in [0.29, 0.717) is 18.0 Å². The molecule has 2 aromatic heterocycles.